The van der Waals surface area contributed by atoms with Gasteiger partial charge in [-0.3, -0.25) is 14.3 Å². The zero-order valence-electron chi connectivity index (χ0n) is 18.0. The number of hydrogen-bond acceptors (Lipinski definition) is 3. The summed E-state index contributed by atoms with van der Waals surface area (Å²) < 4.78 is 1.89. The van der Waals surface area contributed by atoms with Crippen molar-refractivity contribution in [3.05, 3.63) is 82.2 Å². The first-order valence-corrected chi connectivity index (χ1v) is 10.6. The average molecular weight is 418 g/mol. The van der Waals surface area contributed by atoms with Crippen molar-refractivity contribution >= 4 is 17.6 Å². The molecule has 4 rings (SSSR count). The van der Waals surface area contributed by atoms with Crippen LogP contribution < -0.4 is 4.90 Å². The highest BCUT2D eigenvalue weighted by Gasteiger charge is 2.26. The van der Waals surface area contributed by atoms with Crippen molar-refractivity contribution in [1.82, 2.24) is 9.78 Å². The summed E-state index contributed by atoms with van der Waals surface area (Å²) in [6.07, 6.45) is 5.10. The molecule has 31 heavy (non-hydrogen) atoms. The van der Waals surface area contributed by atoms with E-state index in [0.29, 0.717) is 18.5 Å². The molecule has 0 radical (unpaired) electrons. The quantitative estimate of drug-likeness (QED) is 0.608. The fraction of sp³-hybridized carbons (Fsp3) is 0.320. The van der Waals surface area contributed by atoms with Crippen molar-refractivity contribution in [3.8, 4) is 0 Å². The third kappa shape index (κ3) is 4.38. The second-order valence-electron chi connectivity index (χ2n) is 8.18. The van der Waals surface area contributed by atoms with Gasteiger partial charge in [-0.25, -0.2) is 0 Å². The molecule has 6 heteroatoms. The van der Waals surface area contributed by atoms with Crippen LogP contribution in [0.15, 0.2) is 48.7 Å². The molecule has 6 nitrogen and oxygen atoms in total. The molecule has 2 aromatic carbocycles. The molecular formula is C25H27N3O3. The molecule has 0 spiro atoms. The van der Waals surface area contributed by atoms with Gasteiger partial charge in [0.05, 0.1) is 12.7 Å². The fourth-order valence-corrected chi connectivity index (χ4v) is 4.27. The van der Waals surface area contributed by atoms with Crippen LogP contribution in [-0.2, 0) is 31.2 Å². The van der Waals surface area contributed by atoms with E-state index in [-0.39, 0.29) is 12.3 Å². The number of rotatable bonds is 6. The Morgan fingerprint density at radius 3 is 2.68 bits per heavy atom. The number of carboxylic acids is 1. The van der Waals surface area contributed by atoms with Crippen LogP contribution in [0.3, 0.4) is 0 Å². The highest BCUT2D eigenvalue weighted by Crippen LogP contribution is 2.31. The van der Waals surface area contributed by atoms with Gasteiger partial charge in [0.25, 0.3) is 5.91 Å². The summed E-state index contributed by atoms with van der Waals surface area (Å²) in [6.45, 7) is 2.51. The molecule has 2 heterocycles. The van der Waals surface area contributed by atoms with Gasteiger partial charge in [-0.2, -0.15) is 5.10 Å². The van der Waals surface area contributed by atoms with Crippen LogP contribution in [0.2, 0.25) is 0 Å². The van der Waals surface area contributed by atoms with Gasteiger partial charge < -0.3 is 10.0 Å². The lowest BCUT2D eigenvalue weighted by Gasteiger charge is -2.23. The highest BCUT2D eigenvalue weighted by molar-refractivity contribution is 6.06. The number of hydrogen-bond donors (Lipinski definition) is 1. The van der Waals surface area contributed by atoms with Crippen LogP contribution in [0.1, 0.15) is 57.6 Å². The predicted molar refractivity (Wildman–Crippen MR) is 119 cm³/mol. The van der Waals surface area contributed by atoms with Crippen molar-refractivity contribution in [1.29, 1.82) is 0 Å². The molecule has 1 aliphatic rings. The number of aliphatic carboxylic acids is 1. The maximum Gasteiger partial charge on any atom is 0.303 e. The van der Waals surface area contributed by atoms with E-state index in [2.05, 4.69) is 11.2 Å². The van der Waals surface area contributed by atoms with E-state index in [1.807, 2.05) is 66.1 Å². The second kappa shape index (κ2) is 8.76. The molecule has 1 aromatic heterocycles. The summed E-state index contributed by atoms with van der Waals surface area (Å²) in [5.41, 5.74) is 7.14. The number of aryl methyl sites for hydroxylation is 3. The maximum absolute atomic E-state index is 13.6. The van der Waals surface area contributed by atoms with E-state index in [0.717, 1.165) is 52.9 Å². The molecular weight excluding hydrogens is 390 g/mol. The summed E-state index contributed by atoms with van der Waals surface area (Å²) in [5.74, 6) is -0.781. The Balaban J connectivity index is 1.58. The van der Waals surface area contributed by atoms with Crippen molar-refractivity contribution < 1.29 is 14.7 Å². The first kappa shape index (κ1) is 20.8. The molecule has 1 N–H and O–H groups in total. The van der Waals surface area contributed by atoms with Crippen LogP contribution in [0, 0.1) is 6.92 Å². The Kier molecular flexibility index (Phi) is 5.89. The van der Waals surface area contributed by atoms with E-state index < -0.39 is 5.97 Å². The number of carbonyl (C=O) groups excluding carboxylic acids is 1. The van der Waals surface area contributed by atoms with Gasteiger partial charge in [-0.15, -0.1) is 0 Å². The van der Waals surface area contributed by atoms with Gasteiger partial charge in [0.15, 0.2) is 0 Å². The SMILES string of the molecule is Cc1cc(C(=O)N2Cc3cnn(C)c3Cc3ccccc32)ccc1CCCCC(=O)O. The third-order valence-corrected chi connectivity index (χ3v) is 6.04. The van der Waals surface area contributed by atoms with Gasteiger partial charge in [0.1, 0.15) is 0 Å². The smallest absolute Gasteiger partial charge is 0.303 e. The molecule has 0 unspecified atom stereocenters. The Morgan fingerprint density at radius 2 is 1.90 bits per heavy atom. The minimum atomic E-state index is -0.757. The number of unbranched alkanes of at least 4 members (excludes halogenated alkanes) is 1. The molecule has 0 aliphatic carbocycles. The Morgan fingerprint density at radius 1 is 1.10 bits per heavy atom. The number of nitrogens with zero attached hydrogens (tertiary/aromatic N) is 3. The van der Waals surface area contributed by atoms with Gasteiger partial charge in [-0.05, 0) is 61.1 Å². The highest BCUT2D eigenvalue weighted by atomic mass is 16.4. The van der Waals surface area contributed by atoms with E-state index in [1.165, 1.54) is 0 Å². The number of carboxylic acid groups (broad SMARTS) is 1. The number of amides is 1. The van der Waals surface area contributed by atoms with Crippen LogP contribution in [0.4, 0.5) is 5.69 Å². The number of benzene rings is 2. The number of fused-ring (bicyclic) bond motifs is 2. The summed E-state index contributed by atoms with van der Waals surface area (Å²) in [7, 11) is 1.94. The molecule has 1 amide bonds. The van der Waals surface area contributed by atoms with Crippen molar-refractivity contribution in [2.24, 2.45) is 7.05 Å². The normalized spacial score (nSPS) is 12.8. The number of anilines is 1. The first-order chi connectivity index (χ1) is 14.9. The fourth-order valence-electron chi connectivity index (χ4n) is 4.27. The Bertz CT molecular complexity index is 1130. The lowest BCUT2D eigenvalue weighted by Crippen LogP contribution is -2.30. The molecule has 0 atom stereocenters. The largest absolute Gasteiger partial charge is 0.481 e. The maximum atomic E-state index is 13.6. The standard InChI is InChI=1S/C25H27N3O3/c1-17-13-20(12-11-18(17)7-4-6-10-24(29)30)25(31)28-16-21-15-26-27(2)23(21)14-19-8-3-5-9-22(19)28/h3,5,8-9,11-13,15H,4,6-7,10,14,16H2,1-2H3,(H,29,30). The lowest BCUT2D eigenvalue weighted by molar-refractivity contribution is -0.137. The zero-order valence-corrected chi connectivity index (χ0v) is 18.0. The average Bonchev–Trinajstić information content (AvgIpc) is 3.00. The number of para-hydroxylation sites is 1. The Hall–Kier alpha value is -3.41. The molecule has 0 saturated carbocycles. The van der Waals surface area contributed by atoms with Crippen molar-refractivity contribution in [2.75, 3.05) is 4.90 Å². The van der Waals surface area contributed by atoms with Crippen molar-refractivity contribution in [3.63, 3.8) is 0 Å². The molecule has 0 saturated heterocycles. The van der Waals surface area contributed by atoms with E-state index in [1.54, 1.807) is 0 Å². The Labute approximate surface area is 182 Å². The van der Waals surface area contributed by atoms with Crippen molar-refractivity contribution in [2.45, 2.75) is 45.6 Å². The van der Waals surface area contributed by atoms with Gasteiger partial charge in [-0.1, -0.05) is 24.3 Å². The molecule has 0 fully saturated rings. The second-order valence-corrected chi connectivity index (χ2v) is 8.18. The van der Waals surface area contributed by atoms with Gasteiger partial charge in [0, 0.05) is 42.4 Å². The van der Waals surface area contributed by atoms with Gasteiger partial charge >= 0.3 is 5.97 Å². The summed E-state index contributed by atoms with van der Waals surface area (Å²) >= 11 is 0. The van der Waals surface area contributed by atoms with E-state index in [9.17, 15) is 9.59 Å². The molecule has 0 bridgehead atoms. The summed E-state index contributed by atoms with van der Waals surface area (Å²) in [6, 6.07) is 13.9. The first-order valence-electron chi connectivity index (χ1n) is 10.6. The van der Waals surface area contributed by atoms with E-state index in [4.69, 9.17) is 5.11 Å². The molecule has 160 valence electrons. The zero-order chi connectivity index (χ0) is 22.0. The van der Waals surface area contributed by atoms with Gasteiger partial charge in [0.2, 0.25) is 0 Å². The molecule has 1 aliphatic heterocycles. The van der Waals surface area contributed by atoms with Crippen LogP contribution in [0.5, 0.6) is 0 Å². The lowest BCUT2D eigenvalue weighted by atomic mass is 9.99. The number of aromatic nitrogens is 2. The van der Waals surface area contributed by atoms with Crippen LogP contribution in [0.25, 0.3) is 0 Å². The van der Waals surface area contributed by atoms with Crippen LogP contribution in [-0.4, -0.2) is 26.8 Å². The number of carbonyl (C=O) groups is 2. The minimum absolute atomic E-state index is 0.0234. The minimum Gasteiger partial charge on any atom is -0.481 e. The third-order valence-electron chi connectivity index (χ3n) is 6.04. The van der Waals surface area contributed by atoms with Crippen LogP contribution >= 0.6 is 0 Å². The monoisotopic (exact) mass is 417 g/mol. The predicted octanol–water partition coefficient (Wildman–Crippen LogP) is 4.28. The van der Waals surface area contributed by atoms with E-state index >= 15 is 0 Å². The summed E-state index contributed by atoms with van der Waals surface area (Å²) in [4.78, 5) is 26.1. The molecule has 3 aromatic rings. The topological polar surface area (TPSA) is 75.4 Å². The summed E-state index contributed by atoms with van der Waals surface area (Å²) in [5, 5.41) is 13.2.